The van der Waals surface area contributed by atoms with Crippen molar-refractivity contribution in [1.82, 2.24) is 9.88 Å². The Morgan fingerprint density at radius 2 is 1.97 bits per heavy atom. The van der Waals surface area contributed by atoms with E-state index in [4.69, 9.17) is 9.15 Å². The average Bonchev–Trinajstić information content (AvgIpc) is 3.43. The first kappa shape index (κ1) is 19.6. The summed E-state index contributed by atoms with van der Waals surface area (Å²) < 4.78 is 24.1. The summed E-state index contributed by atoms with van der Waals surface area (Å²) in [7, 11) is 1.40. The van der Waals surface area contributed by atoms with E-state index in [1.54, 1.807) is 18.4 Å². The maximum absolute atomic E-state index is 13.6. The number of piperazine rings is 1. The Hall–Kier alpha value is -3.32. The Bertz CT molecular complexity index is 1240. The molecule has 1 aliphatic heterocycles. The van der Waals surface area contributed by atoms with Crippen LogP contribution in [0.2, 0.25) is 0 Å². The van der Waals surface area contributed by atoms with Crippen molar-refractivity contribution in [3.05, 3.63) is 65.8 Å². The zero-order chi connectivity index (χ0) is 21.4. The molecule has 31 heavy (non-hydrogen) atoms. The number of carbonyl (C=O) groups excluding carboxylic acids is 1. The van der Waals surface area contributed by atoms with Crippen molar-refractivity contribution < 1.29 is 18.3 Å². The number of aromatic amines is 1. The third-order valence-electron chi connectivity index (χ3n) is 6.09. The fourth-order valence-corrected chi connectivity index (χ4v) is 4.38. The molecule has 0 spiro atoms. The van der Waals surface area contributed by atoms with Crippen molar-refractivity contribution in [3.8, 4) is 0 Å². The molecule has 0 radical (unpaired) electrons. The number of methoxy groups -OCH3 is 1. The number of anilines is 1. The van der Waals surface area contributed by atoms with Crippen LogP contribution >= 0.6 is 0 Å². The smallest absolute Gasteiger partial charge is 0.337 e. The summed E-state index contributed by atoms with van der Waals surface area (Å²) in [5, 5.41) is 1.96. The number of benzene rings is 2. The standard InChI is InChI=1S/C24H24FN3O3/c1-30-24(29)17-12-21-19(4-6-26-21)22(13-17)28-10-8-27(9-11-28)7-5-16-15-31-23-3-2-18(25)14-20(16)23/h2-4,6,12-15,26H,5,7-11H2,1H3. The number of carbonyl (C=O) groups is 1. The van der Waals surface area contributed by atoms with Gasteiger partial charge < -0.3 is 19.0 Å². The van der Waals surface area contributed by atoms with Gasteiger partial charge in [-0.25, -0.2) is 9.18 Å². The van der Waals surface area contributed by atoms with Crippen molar-refractivity contribution in [3.63, 3.8) is 0 Å². The second-order valence-electron chi connectivity index (χ2n) is 7.91. The van der Waals surface area contributed by atoms with E-state index in [2.05, 4.69) is 14.8 Å². The normalized spacial score (nSPS) is 15.1. The lowest BCUT2D eigenvalue weighted by atomic mass is 10.1. The lowest BCUT2D eigenvalue weighted by Crippen LogP contribution is -2.47. The van der Waals surface area contributed by atoms with Gasteiger partial charge in [-0.2, -0.15) is 0 Å². The molecule has 0 aliphatic carbocycles. The predicted molar refractivity (Wildman–Crippen MR) is 118 cm³/mol. The van der Waals surface area contributed by atoms with Crippen molar-refractivity contribution in [2.75, 3.05) is 44.7 Å². The second kappa shape index (κ2) is 8.07. The summed E-state index contributed by atoms with van der Waals surface area (Å²) in [5.74, 6) is -0.575. The van der Waals surface area contributed by atoms with Gasteiger partial charge in [-0.15, -0.1) is 0 Å². The lowest BCUT2D eigenvalue weighted by molar-refractivity contribution is 0.0601. The quantitative estimate of drug-likeness (QED) is 0.489. The summed E-state index contributed by atoms with van der Waals surface area (Å²) in [4.78, 5) is 20.0. The third-order valence-corrected chi connectivity index (χ3v) is 6.09. The zero-order valence-corrected chi connectivity index (χ0v) is 17.4. The summed E-state index contributed by atoms with van der Waals surface area (Å²) in [5.41, 5.74) is 4.29. The lowest BCUT2D eigenvalue weighted by Gasteiger charge is -2.36. The van der Waals surface area contributed by atoms with Crippen molar-refractivity contribution in [2.24, 2.45) is 0 Å². The number of nitrogens with one attached hydrogen (secondary N) is 1. The Kier molecular flexibility index (Phi) is 5.11. The molecule has 2 aromatic heterocycles. The van der Waals surface area contributed by atoms with Crippen LogP contribution in [0.1, 0.15) is 15.9 Å². The molecule has 4 aromatic rings. The number of nitrogens with zero attached hydrogens (tertiary/aromatic N) is 2. The van der Waals surface area contributed by atoms with Gasteiger partial charge in [-0.3, -0.25) is 4.90 Å². The molecule has 6 nitrogen and oxygen atoms in total. The number of fused-ring (bicyclic) bond motifs is 2. The number of hydrogen-bond acceptors (Lipinski definition) is 5. The number of furan rings is 1. The maximum Gasteiger partial charge on any atom is 0.337 e. The largest absolute Gasteiger partial charge is 0.465 e. The summed E-state index contributed by atoms with van der Waals surface area (Å²) in [6.07, 6.45) is 4.45. The van der Waals surface area contributed by atoms with Crippen LogP contribution in [0.15, 0.2) is 53.3 Å². The molecular formula is C24H24FN3O3. The summed E-state index contributed by atoms with van der Waals surface area (Å²) >= 11 is 0. The van der Waals surface area contributed by atoms with E-state index in [1.807, 2.05) is 24.4 Å². The van der Waals surface area contributed by atoms with E-state index in [0.29, 0.717) is 5.56 Å². The minimum Gasteiger partial charge on any atom is -0.465 e. The fraction of sp³-hybridized carbons (Fsp3) is 0.292. The Labute approximate surface area is 179 Å². The van der Waals surface area contributed by atoms with Crippen LogP contribution < -0.4 is 4.90 Å². The molecule has 1 aliphatic rings. The van der Waals surface area contributed by atoms with Crippen LogP contribution in [-0.4, -0.2) is 55.7 Å². The topological polar surface area (TPSA) is 61.7 Å². The summed E-state index contributed by atoms with van der Waals surface area (Å²) in [6, 6.07) is 10.4. The molecule has 0 saturated carbocycles. The highest BCUT2D eigenvalue weighted by Gasteiger charge is 2.21. The van der Waals surface area contributed by atoms with Crippen LogP contribution in [-0.2, 0) is 11.2 Å². The van der Waals surface area contributed by atoms with Crippen LogP contribution in [0, 0.1) is 5.82 Å². The van der Waals surface area contributed by atoms with Crippen molar-refractivity contribution in [2.45, 2.75) is 6.42 Å². The van der Waals surface area contributed by atoms with Crippen LogP contribution in [0.3, 0.4) is 0 Å². The number of esters is 1. The highest BCUT2D eigenvalue weighted by Crippen LogP contribution is 2.30. The van der Waals surface area contributed by atoms with Crippen molar-refractivity contribution >= 4 is 33.5 Å². The van der Waals surface area contributed by atoms with Gasteiger partial charge >= 0.3 is 5.97 Å². The van der Waals surface area contributed by atoms with Crippen LogP contribution in [0.4, 0.5) is 10.1 Å². The molecule has 1 saturated heterocycles. The van der Waals surface area contributed by atoms with Crippen LogP contribution in [0.5, 0.6) is 0 Å². The highest BCUT2D eigenvalue weighted by molar-refractivity contribution is 6.00. The number of aromatic nitrogens is 1. The SMILES string of the molecule is COC(=O)c1cc(N2CCN(CCc3coc4ccc(F)cc34)CC2)c2cc[nH]c2c1. The zero-order valence-electron chi connectivity index (χ0n) is 17.4. The average molecular weight is 421 g/mol. The van der Waals surface area contributed by atoms with Gasteiger partial charge in [0.25, 0.3) is 0 Å². The molecule has 0 amide bonds. The first-order chi connectivity index (χ1) is 15.1. The van der Waals surface area contributed by atoms with Gasteiger partial charge in [-0.05, 0) is 48.4 Å². The molecule has 5 rings (SSSR count). The number of rotatable bonds is 5. The number of H-pyrrole nitrogens is 1. The van der Waals surface area contributed by atoms with Gasteiger partial charge in [0.1, 0.15) is 11.4 Å². The molecule has 7 heteroatoms. The molecule has 1 fully saturated rings. The first-order valence-electron chi connectivity index (χ1n) is 10.4. The van der Waals surface area contributed by atoms with Crippen LogP contribution in [0.25, 0.3) is 21.9 Å². The number of hydrogen-bond donors (Lipinski definition) is 1. The van der Waals surface area contributed by atoms with Gasteiger partial charge in [0.2, 0.25) is 0 Å². The Morgan fingerprint density at radius 3 is 2.77 bits per heavy atom. The van der Waals surface area contributed by atoms with E-state index in [-0.39, 0.29) is 11.8 Å². The third kappa shape index (κ3) is 3.77. The number of ether oxygens (including phenoxy) is 1. The highest BCUT2D eigenvalue weighted by atomic mass is 19.1. The molecular weight excluding hydrogens is 397 g/mol. The second-order valence-corrected chi connectivity index (χ2v) is 7.91. The van der Waals surface area contributed by atoms with E-state index < -0.39 is 0 Å². The molecule has 3 heterocycles. The molecule has 2 aromatic carbocycles. The maximum atomic E-state index is 13.6. The monoisotopic (exact) mass is 421 g/mol. The molecule has 1 N–H and O–H groups in total. The molecule has 0 unspecified atom stereocenters. The minimum absolute atomic E-state index is 0.242. The van der Waals surface area contributed by atoms with E-state index in [0.717, 1.165) is 72.3 Å². The van der Waals surface area contributed by atoms with Gasteiger partial charge in [0.05, 0.1) is 18.9 Å². The Balaban J connectivity index is 1.27. The van der Waals surface area contributed by atoms with E-state index >= 15 is 0 Å². The summed E-state index contributed by atoms with van der Waals surface area (Å²) in [6.45, 7) is 4.45. The molecule has 0 bridgehead atoms. The number of halogens is 1. The minimum atomic E-state index is -0.333. The fourth-order valence-electron chi connectivity index (χ4n) is 4.38. The van der Waals surface area contributed by atoms with Crippen molar-refractivity contribution in [1.29, 1.82) is 0 Å². The van der Waals surface area contributed by atoms with Gasteiger partial charge in [-0.1, -0.05) is 0 Å². The van der Waals surface area contributed by atoms with Gasteiger partial charge in [0, 0.05) is 60.9 Å². The van der Waals surface area contributed by atoms with Gasteiger partial charge in [0.15, 0.2) is 0 Å². The van der Waals surface area contributed by atoms with E-state index in [9.17, 15) is 9.18 Å². The Morgan fingerprint density at radius 1 is 1.13 bits per heavy atom. The predicted octanol–water partition coefficient (Wildman–Crippen LogP) is 4.20. The molecule has 160 valence electrons. The first-order valence-corrected chi connectivity index (χ1v) is 10.4. The molecule has 0 atom stereocenters. The van der Waals surface area contributed by atoms with E-state index in [1.165, 1.54) is 13.2 Å².